The minimum atomic E-state index is -0.379. The highest BCUT2D eigenvalue weighted by Gasteiger charge is 2.42. The van der Waals surface area contributed by atoms with E-state index in [1.807, 2.05) is 47.4 Å². The quantitative estimate of drug-likeness (QED) is 0.604. The number of carbonyl (C=O) groups excluding carboxylic acids is 2. The summed E-state index contributed by atoms with van der Waals surface area (Å²) in [5.41, 5.74) is 4.61. The van der Waals surface area contributed by atoms with E-state index in [-0.39, 0.29) is 24.2 Å². The summed E-state index contributed by atoms with van der Waals surface area (Å²) in [6.07, 6.45) is 0.802. The smallest absolute Gasteiger partial charge is 0.278 e. The molecule has 0 atom stereocenters. The zero-order valence-electron chi connectivity index (χ0n) is 16.9. The first-order chi connectivity index (χ1) is 15.1. The Morgan fingerprint density at radius 3 is 2.19 bits per heavy atom. The van der Waals surface area contributed by atoms with Gasteiger partial charge in [0.05, 0.1) is 12.1 Å². The first-order valence-corrected chi connectivity index (χ1v) is 10.3. The predicted octanol–water partition coefficient (Wildman–Crippen LogP) is 4.16. The molecular formula is C26H21FN2O2. The predicted molar refractivity (Wildman–Crippen MR) is 116 cm³/mol. The molecule has 31 heavy (non-hydrogen) atoms. The summed E-state index contributed by atoms with van der Waals surface area (Å²) in [5, 5.41) is 0. The molecule has 3 aromatic rings. The monoisotopic (exact) mass is 412 g/mol. The number of rotatable bonds is 4. The van der Waals surface area contributed by atoms with Gasteiger partial charge in [-0.2, -0.15) is 0 Å². The molecule has 2 aliphatic rings. The Bertz CT molecular complexity index is 1190. The molecule has 2 aliphatic heterocycles. The maximum Gasteiger partial charge on any atom is 0.278 e. The lowest BCUT2D eigenvalue weighted by Gasteiger charge is -2.31. The molecule has 0 saturated carbocycles. The summed E-state index contributed by atoms with van der Waals surface area (Å²) >= 11 is 0. The van der Waals surface area contributed by atoms with Gasteiger partial charge in [0.15, 0.2) is 0 Å². The van der Waals surface area contributed by atoms with Crippen molar-refractivity contribution in [1.29, 1.82) is 0 Å². The van der Waals surface area contributed by atoms with Crippen LogP contribution >= 0.6 is 0 Å². The van der Waals surface area contributed by atoms with Crippen molar-refractivity contribution in [2.45, 2.75) is 19.5 Å². The van der Waals surface area contributed by atoms with Crippen molar-refractivity contribution in [3.8, 4) is 0 Å². The van der Waals surface area contributed by atoms with Gasteiger partial charge in [0.25, 0.3) is 11.8 Å². The van der Waals surface area contributed by atoms with Crippen LogP contribution in [0.2, 0.25) is 0 Å². The van der Waals surface area contributed by atoms with Crippen molar-refractivity contribution >= 4 is 17.4 Å². The Balaban J connectivity index is 1.56. The van der Waals surface area contributed by atoms with Gasteiger partial charge in [-0.3, -0.25) is 14.5 Å². The first kappa shape index (κ1) is 19.2. The largest absolute Gasteiger partial charge is 0.362 e. The van der Waals surface area contributed by atoms with Gasteiger partial charge in [0.1, 0.15) is 11.5 Å². The van der Waals surface area contributed by atoms with Crippen LogP contribution in [0.5, 0.6) is 0 Å². The second kappa shape index (κ2) is 7.84. The fourth-order valence-corrected chi connectivity index (χ4v) is 4.33. The number of hydrogen-bond donors (Lipinski definition) is 0. The molecule has 0 saturated heterocycles. The lowest BCUT2D eigenvalue weighted by atomic mass is 9.98. The molecule has 0 aliphatic carbocycles. The summed E-state index contributed by atoms with van der Waals surface area (Å²) < 4.78 is 13.5. The van der Waals surface area contributed by atoms with Crippen molar-refractivity contribution < 1.29 is 14.0 Å². The van der Waals surface area contributed by atoms with Crippen molar-refractivity contribution in [3.63, 3.8) is 0 Å². The fraction of sp³-hybridized carbons (Fsp3) is 0.154. The van der Waals surface area contributed by atoms with Gasteiger partial charge >= 0.3 is 0 Å². The van der Waals surface area contributed by atoms with E-state index in [1.54, 1.807) is 12.1 Å². The van der Waals surface area contributed by atoms with Crippen LogP contribution in [0.15, 0.2) is 84.6 Å². The molecule has 0 radical (unpaired) electrons. The van der Waals surface area contributed by atoms with Crippen LogP contribution in [-0.2, 0) is 29.1 Å². The van der Waals surface area contributed by atoms with Crippen molar-refractivity contribution in [3.05, 3.63) is 113 Å². The molecule has 0 N–H and O–H groups in total. The van der Waals surface area contributed by atoms with Gasteiger partial charge in [-0.25, -0.2) is 4.39 Å². The highest BCUT2D eigenvalue weighted by atomic mass is 19.1. The Kier molecular flexibility index (Phi) is 4.86. The zero-order valence-corrected chi connectivity index (χ0v) is 16.9. The van der Waals surface area contributed by atoms with Crippen molar-refractivity contribution in [2.75, 3.05) is 6.54 Å². The van der Waals surface area contributed by atoms with E-state index in [2.05, 4.69) is 12.1 Å². The molecule has 2 heterocycles. The van der Waals surface area contributed by atoms with Gasteiger partial charge in [0, 0.05) is 13.1 Å². The Morgan fingerprint density at radius 2 is 1.45 bits per heavy atom. The number of hydrogen-bond acceptors (Lipinski definition) is 3. The average molecular weight is 412 g/mol. The van der Waals surface area contributed by atoms with E-state index in [1.165, 1.54) is 22.6 Å². The van der Waals surface area contributed by atoms with E-state index < -0.39 is 0 Å². The Hall–Kier alpha value is -3.73. The molecule has 3 aromatic carbocycles. The average Bonchev–Trinajstić information content (AvgIpc) is 3.05. The van der Waals surface area contributed by atoms with Gasteiger partial charge < -0.3 is 4.90 Å². The number of fused-ring (bicyclic) bond motifs is 1. The van der Waals surface area contributed by atoms with Crippen LogP contribution in [-0.4, -0.2) is 28.2 Å². The molecule has 4 nitrogen and oxygen atoms in total. The molecule has 0 unspecified atom stereocenters. The van der Waals surface area contributed by atoms with E-state index in [9.17, 15) is 14.0 Å². The number of carbonyl (C=O) groups is 2. The molecule has 0 aromatic heterocycles. The van der Waals surface area contributed by atoms with Crippen molar-refractivity contribution in [2.24, 2.45) is 0 Å². The van der Waals surface area contributed by atoms with Crippen molar-refractivity contribution in [1.82, 2.24) is 9.80 Å². The molecule has 0 fully saturated rings. The van der Waals surface area contributed by atoms with Crippen LogP contribution in [0.4, 0.5) is 4.39 Å². The normalized spacial score (nSPS) is 16.2. The van der Waals surface area contributed by atoms with E-state index in [0.717, 1.165) is 17.5 Å². The number of benzene rings is 3. The second-order valence-corrected chi connectivity index (χ2v) is 7.85. The van der Waals surface area contributed by atoms with Crippen LogP contribution in [0.3, 0.4) is 0 Å². The molecule has 5 heteroatoms. The highest BCUT2D eigenvalue weighted by Crippen LogP contribution is 2.35. The number of imide groups is 1. The third kappa shape index (κ3) is 3.52. The van der Waals surface area contributed by atoms with Gasteiger partial charge in [-0.15, -0.1) is 0 Å². The second-order valence-electron chi connectivity index (χ2n) is 7.85. The van der Waals surface area contributed by atoms with Crippen LogP contribution < -0.4 is 0 Å². The van der Waals surface area contributed by atoms with Crippen LogP contribution in [0.25, 0.3) is 5.57 Å². The molecule has 0 spiro atoms. The van der Waals surface area contributed by atoms with Crippen LogP contribution in [0.1, 0.15) is 22.3 Å². The summed E-state index contributed by atoms with van der Waals surface area (Å²) in [4.78, 5) is 30.2. The first-order valence-electron chi connectivity index (χ1n) is 10.3. The maximum atomic E-state index is 13.5. The summed E-state index contributed by atoms with van der Waals surface area (Å²) in [7, 11) is 0. The Labute approximate surface area is 180 Å². The van der Waals surface area contributed by atoms with E-state index >= 15 is 0 Å². The lowest BCUT2D eigenvalue weighted by Crippen LogP contribution is -2.37. The highest BCUT2D eigenvalue weighted by molar-refractivity contribution is 6.35. The standard InChI is InChI=1S/C26H21FN2O2/c27-22-12-10-20(11-13-22)23-24(28-15-14-19-8-4-5-9-21(19)17-28)26(31)29(25(23)30)16-18-6-2-1-3-7-18/h1-13H,14-17H2. The third-order valence-corrected chi connectivity index (χ3v) is 5.91. The lowest BCUT2D eigenvalue weighted by molar-refractivity contribution is -0.138. The number of amides is 2. The van der Waals surface area contributed by atoms with Gasteiger partial charge in [0.2, 0.25) is 0 Å². The summed E-state index contributed by atoms with van der Waals surface area (Å²) in [6, 6.07) is 23.4. The molecular weight excluding hydrogens is 391 g/mol. The summed E-state index contributed by atoms with van der Waals surface area (Å²) in [5.74, 6) is -1.02. The third-order valence-electron chi connectivity index (χ3n) is 5.91. The van der Waals surface area contributed by atoms with Gasteiger partial charge in [-0.05, 0) is 40.8 Å². The minimum absolute atomic E-state index is 0.205. The van der Waals surface area contributed by atoms with E-state index in [4.69, 9.17) is 0 Å². The zero-order chi connectivity index (χ0) is 21.4. The maximum absolute atomic E-state index is 13.5. The fourth-order valence-electron chi connectivity index (χ4n) is 4.33. The SMILES string of the molecule is O=C1C(c2ccc(F)cc2)=C(N2CCc3ccccc3C2)C(=O)N1Cc1ccccc1. The molecule has 5 rings (SSSR count). The van der Waals surface area contributed by atoms with E-state index in [0.29, 0.717) is 29.9 Å². The molecule has 0 bridgehead atoms. The van der Waals surface area contributed by atoms with Crippen LogP contribution in [0, 0.1) is 5.82 Å². The minimum Gasteiger partial charge on any atom is -0.362 e. The number of nitrogens with zero attached hydrogens (tertiary/aromatic N) is 2. The molecule has 154 valence electrons. The Morgan fingerprint density at radius 1 is 0.774 bits per heavy atom. The number of halogens is 1. The summed E-state index contributed by atoms with van der Waals surface area (Å²) in [6.45, 7) is 1.42. The topological polar surface area (TPSA) is 40.6 Å². The van der Waals surface area contributed by atoms with Gasteiger partial charge in [-0.1, -0.05) is 66.7 Å². The molecule has 2 amide bonds.